The molecule has 2 heteroatoms. The van der Waals surface area contributed by atoms with Crippen molar-refractivity contribution in [3.05, 3.63) is 11.8 Å². The standard InChI is InChI=1S/C5H11NO/c1-3-4-5(2)7-6/h4H,3,6H2,1-2H3. The van der Waals surface area contributed by atoms with Crippen LogP contribution in [0.5, 0.6) is 0 Å². The zero-order valence-electron chi connectivity index (χ0n) is 4.77. The summed E-state index contributed by atoms with van der Waals surface area (Å²) in [5, 5.41) is 0. The largest absolute Gasteiger partial charge is 0.417 e. The van der Waals surface area contributed by atoms with Gasteiger partial charge in [-0.05, 0) is 19.4 Å². The van der Waals surface area contributed by atoms with Crippen LogP contribution in [-0.4, -0.2) is 0 Å². The minimum absolute atomic E-state index is 0.780. The topological polar surface area (TPSA) is 35.2 Å². The Morgan fingerprint density at radius 2 is 2.43 bits per heavy atom. The molecule has 0 unspecified atom stereocenters. The molecule has 0 aliphatic carbocycles. The van der Waals surface area contributed by atoms with Crippen LogP contribution >= 0.6 is 0 Å². The van der Waals surface area contributed by atoms with Crippen molar-refractivity contribution >= 4 is 0 Å². The van der Waals surface area contributed by atoms with E-state index in [1.807, 2.05) is 19.9 Å². The quantitative estimate of drug-likeness (QED) is 0.419. The third-order valence-corrected chi connectivity index (χ3v) is 0.677. The highest BCUT2D eigenvalue weighted by atomic mass is 16.6. The molecule has 0 aromatic carbocycles. The maximum atomic E-state index is 4.79. The van der Waals surface area contributed by atoms with Crippen LogP contribution in [0.15, 0.2) is 11.8 Å². The van der Waals surface area contributed by atoms with Gasteiger partial charge in [0.25, 0.3) is 0 Å². The van der Waals surface area contributed by atoms with E-state index in [1.54, 1.807) is 0 Å². The molecular weight excluding hydrogens is 90.1 g/mol. The zero-order chi connectivity index (χ0) is 5.70. The summed E-state index contributed by atoms with van der Waals surface area (Å²) in [5.41, 5.74) is 0. The molecule has 2 N–H and O–H groups in total. The first-order valence-electron chi connectivity index (χ1n) is 2.34. The lowest BCUT2D eigenvalue weighted by Crippen LogP contribution is -1.94. The first-order valence-corrected chi connectivity index (χ1v) is 2.34. The van der Waals surface area contributed by atoms with Gasteiger partial charge in [-0.1, -0.05) is 6.92 Å². The van der Waals surface area contributed by atoms with Gasteiger partial charge in [-0.2, -0.15) is 5.90 Å². The number of hydrogen-bond donors (Lipinski definition) is 1. The van der Waals surface area contributed by atoms with E-state index in [0.29, 0.717) is 0 Å². The summed E-state index contributed by atoms with van der Waals surface area (Å²) in [6.45, 7) is 3.85. The third kappa shape index (κ3) is 3.33. The van der Waals surface area contributed by atoms with Crippen molar-refractivity contribution < 1.29 is 4.84 Å². The van der Waals surface area contributed by atoms with Gasteiger partial charge in [-0.25, -0.2) is 0 Å². The Kier molecular flexibility index (Phi) is 3.42. The van der Waals surface area contributed by atoms with Gasteiger partial charge in [0.05, 0.1) is 0 Å². The lowest BCUT2D eigenvalue weighted by atomic mass is 10.4. The van der Waals surface area contributed by atoms with Gasteiger partial charge < -0.3 is 4.84 Å². The predicted octanol–water partition coefficient (Wildman–Crippen LogP) is 1.19. The summed E-state index contributed by atoms with van der Waals surface area (Å²) in [6.07, 6.45) is 2.89. The molecule has 0 heterocycles. The molecule has 2 nitrogen and oxygen atoms in total. The van der Waals surface area contributed by atoms with Gasteiger partial charge in [-0.3, -0.25) is 0 Å². The molecule has 0 amide bonds. The van der Waals surface area contributed by atoms with Crippen molar-refractivity contribution in [1.29, 1.82) is 0 Å². The molecule has 0 radical (unpaired) electrons. The predicted molar refractivity (Wildman–Crippen MR) is 29.3 cm³/mol. The van der Waals surface area contributed by atoms with E-state index >= 15 is 0 Å². The van der Waals surface area contributed by atoms with Crippen molar-refractivity contribution in [3.8, 4) is 0 Å². The molecule has 0 atom stereocenters. The second-order valence-corrected chi connectivity index (χ2v) is 1.34. The Morgan fingerprint density at radius 1 is 1.86 bits per heavy atom. The van der Waals surface area contributed by atoms with E-state index in [2.05, 4.69) is 4.84 Å². The van der Waals surface area contributed by atoms with E-state index < -0.39 is 0 Å². The molecule has 0 saturated carbocycles. The Hall–Kier alpha value is -0.500. The average Bonchev–Trinajstić information content (AvgIpc) is 1.68. The second kappa shape index (κ2) is 3.68. The molecule has 0 aromatic rings. The highest BCUT2D eigenvalue weighted by molar-refractivity contribution is 4.85. The zero-order valence-corrected chi connectivity index (χ0v) is 4.77. The highest BCUT2D eigenvalue weighted by Gasteiger charge is 1.77. The van der Waals surface area contributed by atoms with Crippen LogP contribution in [0.25, 0.3) is 0 Å². The molecular formula is C5H11NO. The fourth-order valence-corrected chi connectivity index (χ4v) is 0.336. The summed E-state index contributed by atoms with van der Waals surface area (Å²) in [6, 6.07) is 0. The summed E-state index contributed by atoms with van der Waals surface area (Å²) in [7, 11) is 0. The molecule has 0 rings (SSSR count). The molecule has 0 bridgehead atoms. The summed E-state index contributed by atoms with van der Waals surface area (Å²) in [5.74, 6) is 5.57. The first kappa shape index (κ1) is 6.50. The van der Waals surface area contributed by atoms with Crippen LogP contribution < -0.4 is 5.90 Å². The van der Waals surface area contributed by atoms with Gasteiger partial charge >= 0.3 is 0 Å². The minimum atomic E-state index is 0.780. The Labute approximate surface area is 43.9 Å². The molecule has 0 saturated heterocycles. The number of rotatable bonds is 2. The Bertz CT molecular complexity index is 68.5. The summed E-state index contributed by atoms with van der Waals surface area (Å²) < 4.78 is 0. The van der Waals surface area contributed by atoms with Gasteiger partial charge in [0.1, 0.15) is 5.76 Å². The van der Waals surface area contributed by atoms with Gasteiger partial charge in [0.15, 0.2) is 0 Å². The number of nitrogens with two attached hydrogens (primary N) is 1. The molecule has 7 heavy (non-hydrogen) atoms. The first-order chi connectivity index (χ1) is 3.31. The molecule has 0 aromatic heterocycles. The van der Waals surface area contributed by atoms with E-state index in [9.17, 15) is 0 Å². The van der Waals surface area contributed by atoms with E-state index in [0.717, 1.165) is 12.2 Å². The number of allylic oxidation sites excluding steroid dienone is 2. The van der Waals surface area contributed by atoms with Crippen molar-refractivity contribution in [2.24, 2.45) is 5.90 Å². The molecule has 0 fully saturated rings. The minimum Gasteiger partial charge on any atom is -0.417 e. The lowest BCUT2D eigenvalue weighted by Gasteiger charge is -1.92. The van der Waals surface area contributed by atoms with E-state index in [-0.39, 0.29) is 0 Å². The van der Waals surface area contributed by atoms with Crippen LogP contribution in [0, 0.1) is 0 Å². The average molecular weight is 101 g/mol. The van der Waals surface area contributed by atoms with Crippen molar-refractivity contribution in [2.75, 3.05) is 0 Å². The Morgan fingerprint density at radius 3 is 2.57 bits per heavy atom. The van der Waals surface area contributed by atoms with Crippen molar-refractivity contribution in [3.63, 3.8) is 0 Å². The normalized spacial score (nSPS) is 11.6. The van der Waals surface area contributed by atoms with Crippen molar-refractivity contribution in [1.82, 2.24) is 0 Å². The monoisotopic (exact) mass is 101 g/mol. The van der Waals surface area contributed by atoms with E-state index in [4.69, 9.17) is 5.90 Å². The summed E-state index contributed by atoms with van der Waals surface area (Å²) >= 11 is 0. The fraction of sp³-hybridized carbons (Fsp3) is 0.600. The maximum absolute atomic E-state index is 4.79. The molecule has 0 spiro atoms. The molecule has 42 valence electrons. The maximum Gasteiger partial charge on any atom is 0.116 e. The van der Waals surface area contributed by atoms with Crippen LogP contribution in [0.2, 0.25) is 0 Å². The van der Waals surface area contributed by atoms with E-state index in [1.165, 1.54) is 0 Å². The smallest absolute Gasteiger partial charge is 0.116 e. The SMILES string of the molecule is CCC=C(C)ON. The molecule has 0 aliphatic rings. The Balaban J connectivity index is 3.29. The van der Waals surface area contributed by atoms with Crippen molar-refractivity contribution in [2.45, 2.75) is 20.3 Å². The molecule has 0 aliphatic heterocycles. The second-order valence-electron chi connectivity index (χ2n) is 1.34. The van der Waals surface area contributed by atoms with Crippen LogP contribution in [-0.2, 0) is 4.84 Å². The van der Waals surface area contributed by atoms with Gasteiger partial charge in [-0.15, -0.1) is 0 Å². The third-order valence-electron chi connectivity index (χ3n) is 0.677. The highest BCUT2D eigenvalue weighted by Crippen LogP contribution is 1.90. The summed E-state index contributed by atoms with van der Waals surface area (Å²) in [4.78, 5) is 4.35. The van der Waals surface area contributed by atoms with Gasteiger partial charge in [0.2, 0.25) is 0 Å². The van der Waals surface area contributed by atoms with Crippen LogP contribution in [0.1, 0.15) is 20.3 Å². The fourth-order valence-electron chi connectivity index (χ4n) is 0.336. The van der Waals surface area contributed by atoms with Crippen LogP contribution in [0.3, 0.4) is 0 Å². The van der Waals surface area contributed by atoms with Gasteiger partial charge in [0, 0.05) is 0 Å². The van der Waals surface area contributed by atoms with Crippen LogP contribution in [0.4, 0.5) is 0 Å². The lowest BCUT2D eigenvalue weighted by molar-refractivity contribution is 0.221. The number of hydrogen-bond acceptors (Lipinski definition) is 2.